The van der Waals surface area contributed by atoms with Gasteiger partial charge < -0.3 is 14.8 Å². The molecule has 6 heteroatoms. The molecule has 0 unspecified atom stereocenters. The van der Waals surface area contributed by atoms with E-state index in [1.54, 1.807) is 0 Å². The third-order valence-corrected chi connectivity index (χ3v) is 3.98. The van der Waals surface area contributed by atoms with Crippen LogP contribution in [-0.2, 0) is 24.5 Å². The van der Waals surface area contributed by atoms with Gasteiger partial charge in [0.15, 0.2) is 5.57 Å². The van der Waals surface area contributed by atoms with Crippen LogP contribution in [-0.4, -0.2) is 17.7 Å². The molecular weight excluding hydrogens is 362 g/mol. The highest BCUT2D eigenvalue weighted by atomic mass is 79.9. The van der Waals surface area contributed by atoms with Gasteiger partial charge in [-0.25, -0.2) is 9.59 Å². The smallest absolute Gasteiger partial charge is 0.350 e. The summed E-state index contributed by atoms with van der Waals surface area (Å²) < 4.78 is 10.9. The largest absolute Gasteiger partial charge is 0.419 e. The minimum atomic E-state index is -1.24. The van der Waals surface area contributed by atoms with E-state index in [2.05, 4.69) is 42.0 Å². The van der Waals surface area contributed by atoms with Crippen LogP contribution in [0.5, 0.6) is 0 Å². The first-order chi connectivity index (χ1) is 10.5. The van der Waals surface area contributed by atoms with Gasteiger partial charge in [-0.2, -0.15) is 0 Å². The number of hydrogen-bond acceptors (Lipinski definition) is 5. The molecule has 1 heterocycles. The van der Waals surface area contributed by atoms with Crippen molar-refractivity contribution in [2.45, 2.75) is 45.8 Å². The average Bonchev–Trinajstić information content (AvgIpc) is 2.36. The summed E-state index contributed by atoms with van der Waals surface area (Å²) >= 11 is 3.49. The fraction of sp³-hybridized carbons (Fsp3) is 0.412. The Labute approximate surface area is 144 Å². The van der Waals surface area contributed by atoms with Crippen molar-refractivity contribution in [3.8, 4) is 0 Å². The molecule has 0 bridgehead atoms. The molecule has 1 fully saturated rings. The van der Waals surface area contributed by atoms with Crippen LogP contribution >= 0.6 is 15.9 Å². The summed E-state index contributed by atoms with van der Waals surface area (Å²) in [4.78, 5) is 23.7. The number of esters is 2. The number of halogens is 1. The number of hydrogen-bond donors (Lipinski definition) is 1. The predicted molar refractivity (Wildman–Crippen MR) is 90.8 cm³/mol. The highest BCUT2D eigenvalue weighted by molar-refractivity contribution is 9.10. The molecule has 0 atom stereocenters. The molecule has 23 heavy (non-hydrogen) atoms. The van der Waals surface area contributed by atoms with Crippen molar-refractivity contribution >= 4 is 33.6 Å². The number of anilines is 1. The molecule has 1 aliphatic rings. The molecule has 2 rings (SSSR count). The van der Waals surface area contributed by atoms with Crippen LogP contribution in [0.3, 0.4) is 0 Å². The molecule has 0 amide bonds. The maximum Gasteiger partial charge on any atom is 0.350 e. The van der Waals surface area contributed by atoms with E-state index in [-0.39, 0.29) is 11.0 Å². The Morgan fingerprint density at radius 1 is 1.13 bits per heavy atom. The molecule has 1 N–H and O–H groups in total. The first-order valence-corrected chi connectivity index (χ1v) is 8.02. The fourth-order valence-corrected chi connectivity index (χ4v) is 2.52. The first kappa shape index (κ1) is 17.5. The molecule has 0 aliphatic carbocycles. The first-order valence-electron chi connectivity index (χ1n) is 7.23. The van der Waals surface area contributed by atoms with Crippen molar-refractivity contribution in [3.63, 3.8) is 0 Å². The molecule has 1 aromatic carbocycles. The van der Waals surface area contributed by atoms with E-state index in [1.807, 2.05) is 18.2 Å². The van der Waals surface area contributed by atoms with E-state index in [1.165, 1.54) is 25.6 Å². The van der Waals surface area contributed by atoms with Crippen molar-refractivity contribution in [2.75, 3.05) is 5.32 Å². The third kappa shape index (κ3) is 4.13. The van der Waals surface area contributed by atoms with Crippen LogP contribution in [0.15, 0.2) is 34.4 Å². The zero-order valence-electron chi connectivity index (χ0n) is 13.8. The number of nitrogens with one attached hydrogen (secondary N) is 1. The Morgan fingerprint density at radius 2 is 1.70 bits per heavy atom. The fourth-order valence-electron chi connectivity index (χ4n) is 2.03. The summed E-state index contributed by atoms with van der Waals surface area (Å²) in [5.41, 5.74) is 1.76. The molecule has 124 valence electrons. The number of carbonyl (C=O) groups excluding carboxylic acids is 2. The molecule has 1 aliphatic heterocycles. The van der Waals surface area contributed by atoms with Gasteiger partial charge in [-0.1, -0.05) is 26.8 Å². The molecule has 1 saturated heterocycles. The van der Waals surface area contributed by atoms with Crippen molar-refractivity contribution in [3.05, 3.63) is 40.0 Å². The average molecular weight is 382 g/mol. The molecule has 0 aromatic heterocycles. The zero-order chi connectivity index (χ0) is 17.4. The van der Waals surface area contributed by atoms with E-state index < -0.39 is 17.7 Å². The van der Waals surface area contributed by atoms with Gasteiger partial charge in [-0.3, -0.25) is 0 Å². The van der Waals surface area contributed by atoms with Crippen molar-refractivity contribution < 1.29 is 19.1 Å². The van der Waals surface area contributed by atoms with E-state index in [4.69, 9.17) is 9.47 Å². The van der Waals surface area contributed by atoms with Crippen LogP contribution < -0.4 is 5.32 Å². The maximum absolute atomic E-state index is 11.9. The molecule has 0 radical (unpaired) electrons. The van der Waals surface area contributed by atoms with E-state index in [0.717, 1.165) is 10.2 Å². The van der Waals surface area contributed by atoms with Crippen LogP contribution in [0, 0.1) is 0 Å². The minimum Gasteiger partial charge on any atom is -0.419 e. The normalized spacial score (nSPS) is 17.4. The Balaban J connectivity index is 2.20. The highest BCUT2D eigenvalue weighted by Crippen LogP contribution is 2.30. The summed E-state index contributed by atoms with van der Waals surface area (Å²) in [5.74, 6) is -2.65. The van der Waals surface area contributed by atoms with Gasteiger partial charge in [-0.05, 0) is 39.0 Å². The number of benzene rings is 1. The SMILES string of the molecule is CC1(C)OC(=O)C(=CNc2ccc(C(C)(C)C)cc2Br)C(=O)O1. The third-order valence-electron chi connectivity index (χ3n) is 3.32. The van der Waals surface area contributed by atoms with Gasteiger partial charge in [0.1, 0.15) is 0 Å². The molecule has 5 nitrogen and oxygen atoms in total. The lowest BCUT2D eigenvalue weighted by molar-refractivity contribution is -0.222. The summed E-state index contributed by atoms with van der Waals surface area (Å²) in [5, 5.41) is 2.94. The van der Waals surface area contributed by atoms with E-state index in [9.17, 15) is 9.59 Å². The Bertz CT molecular complexity index is 664. The predicted octanol–water partition coefficient (Wildman–Crippen LogP) is 3.88. The maximum atomic E-state index is 11.9. The van der Waals surface area contributed by atoms with Gasteiger partial charge in [0.05, 0.1) is 5.69 Å². The number of cyclic esters (lactones) is 2. The lowest BCUT2D eigenvalue weighted by atomic mass is 9.87. The number of ether oxygens (including phenoxy) is 2. The van der Waals surface area contributed by atoms with Crippen LogP contribution in [0.25, 0.3) is 0 Å². The number of carbonyl (C=O) groups is 2. The summed E-state index contributed by atoms with van der Waals surface area (Å²) in [6, 6.07) is 5.87. The van der Waals surface area contributed by atoms with Gasteiger partial charge in [0.25, 0.3) is 5.79 Å². The topological polar surface area (TPSA) is 64.6 Å². The number of rotatable bonds is 2. The van der Waals surface area contributed by atoms with Crippen LogP contribution in [0.1, 0.15) is 40.2 Å². The minimum absolute atomic E-state index is 0.0298. The second-order valence-corrected chi connectivity index (χ2v) is 7.68. The molecular formula is C17H20BrNO4. The quantitative estimate of drug-likeness (QED) is 0.478. The van der Waals surface area contributed by atoms with Crippen LogP contribution in [0.2, 0.25) is 0 Å². The van der Waals surface area contributed by atoms with Crippen molar-refractivity contribution in [1.82, 2.24) is 0 Å². The van der Waals surface area contributed by atoms with Gasteiger partial charge >= 0.3 is 11.9 Å². The highest BCUT2D eigenvalue weighted by Gasteiger charge is 2.38. The van der Waals surface area contributed by atoms with E-state index in [0.29, 0.717) is 0 Å². The monoisotopic (exact) mass is 381 g/mol. The molecule has 0 saturated carbocycles. The Hall–Kier alpha value is -1.82. The van der Waals surface area contributed by atoms with Gasteiger partial charge in [0.2, 0.25) is 0 Å². The van der Waals surface area contributed by atoms with Gasteiger partial charge in [-0.15, -0.1) is 0 Å². The summed E-state index contributed by atoms with van der Waals surface area (Å²) in [6.07, 6.45) is 1.30. The van der Waals surface area contributed by atoms with Crippen molar-refractivity contribution in [1.29, 1.82) is 0 Å². The summed E-state index contributed by atoms with van der Waals surface area (Å²) in [6.45, 7) is 9.39. The van der Waals surface area contributed by atoms with Crippen molar-refractivity contribution in [2.24, 2.45) is 0 Å². The van der Waals surface area contributed by atoms with Crippen LogP contribution in [0.4, 0.5) is 5.69 Å². The lowest BCUT2D eigenvalue weighted by Gasteiger charge is -2.29. The van der Waals surface area contributed by atoms with E-state index >= 15 is 0 Å². The second kappa shape index (κ2) is 6.00. The Kier molecular flexibility index (Phi) is 4.57. The van der Waals surface area contributed by atoms with Gasteiger partial charge in [0, 0.05) is 24.5 Å². The standard InChI is InChI=1S/C17H20BrNO4/c1-16(2,3)10-6-7-13(12(18)8-10)19-9-11-14(20)22-17(4,5)23-15(11)21/h6-9,19H,1-5H3. The zero-order valence-corrected chi connectivity index (χ0v) is 15.4. The molecule has 1 aromatic rings. The Morgan fingerprint density at radius 3 is 2.17 bits per heavy atom. The lowest BCUT2D eigenvalue weighted by Crippen LogP contribution is -2.42. The molecule has 0 spiro atoms. The summed E-state index contributed by atoms with van der Waals surface area (Å²) in [7, 11) is 0. The second-order valence-electron chi connectivity index (χ2n) is 6.83.